The number of guanidine groups is 1. The highest BCUT2D eigenvalue weighted by Crippen LogP contribution is 2.48. The van der Waals surface area contributed by atoms with Crippen LogP contribution in [0.4, 0.5) is 0 Å². The molecule has 1 aliphatic carbocycles. The first-order valence-corrected chi connectivity index (χ1v) is 12.8. The summed E-state index contributed by atoms with van der Waals surface area (Å²) in [5, 5.41) is 9.61. The third-order valence-electron chi connectivity index (χ3n) is 6.33. The fraction of sp³-hybridized carbons (Fsp3) is 0.900. The van der Waals surface area contributed by atoms with E-state index in [-0.39, 0.29) is 41.4 Å². The summed E-state index contributed by atoms with van der Waals surface area (Å²) in [5.74, 6) is 0.772. The number of carbonyl (C=O) groups is 1. The molecule has 0 spiro atoms. The molecule has 9 heteroatoms. The number of sulfone groups is 1. The van der Waals surface area contributed by atoms with Crippen LogP contribution in [0, 0.1) is 5.41 Å². The molecule has 0 aromatic rings. The zero-order valence-electron chi connectivity index (χ0n) is 18.3. The largest absolute Gasteiger partial charge is 0.378 e. The first kappa shape index (κ1) is 23.9. The van der Waals surface area contributed by atoms with Crippen LogP contribution in [0.15, 0.2) is 4.99 Å². The molecule has 0 aromatic heterocycles. The van der Waals surface area contributed by atoms with Crippen molar-refractivity contribution in [2.24, 2.45) is 10.4 Å². The third-order valence-corrected chi connectivity index (χ3v) is 8.10. The monoisotopic (exact) mass is 430 g/mol. The summed E-state index contributed by atoms with van der Waals surface area (Å²) in [4.78, 5) is 16.7. The minimum absolute atomic E-state index is 0.0466. The molecule has 2 rings (SSSR count). The summed E-state index contributed by atoms with van der Waals surface area (Å²) in [7, 11) is -2.99. The number of nitrogens with zero attached hydrogens (tertiary/aromatic N) is 1. The molecule has 3 unspecified atom stereocenters. The van der Waals surface area contributed by atoms with Crippen molar-refractivity contribution in [3.63, 3.8) is 0 Å². The Hall–Kier alpha value is -1.35. The van der Waals surface area contributed by atoms with Gasteiger partial charge in [-0.3, -0.25) is 9.79 Å². The Labute approximate surface area is 175 Å². The highest BCUT2D eigenvalue weighted by molar-refractivity contribution is 7.91. The molecular weight excluding hydrogens is 392 g/mol. The molecule has 1 aliphatic heterocycles. The van der Waals surface area contributed by atoms with E-state index in [2.05, 4.69) is 34.8 Å². The van der Waals surface area contributed by atoms with Crippen molar-refractivity contribution in [1.29, 1.82) is 0 Å². The standard InChI is InChI=1S/C20H38N4O4S/c1-5-20(6-2)16(13-17(20)28-8-4)24-19(21-7-3)22-11-9-18(25)23-15-10-12-29(26,27)14-15/h15-17H,5-14H2,1-4H3,(H,23,25)(H2,21,22,24). The van der Waals surface area contributed by atoms with Gasteiger partial charge in [-0.15, -0.1) is 0 Å². The topological polar surface area (TPSA) is 109 Å². The number of ether oxygens (including phenoxy) is 1. The Bertz CT molecular complexity index is 676. The summed E-state index contributed by atoms with van der Waals surface area (Å²) in [6, 6.07) is 0.0346. The van der Waals surface area contributed by atoms with Gasteiger partial charge in [0.1, 0.15) is 0 Å². The Kier molecular flexibility index (Phi) is 8.75. The lowest BCUT2D eigenvalue weighted by atomic mass is 9.58. The molecule has 8 nitrogen and oxygen atoms in total. The quantitative estimate of drug-likeness (QED) is 0.355. The molecular formula is C20H38N4O4S. The van der Waals surface area contributed by atoms with Crippen molar-refractivity contribution in [3.05, 3.63) is 0 Å². The van der Waals surface area contributed by atoms with Crippen LogP contribution in [0.25, 0.3) is 0 Å². The second-order valence-electron chi connectivity index (χ2n) is 8.00. The molecule has 29 heavy (non-hydrogen) atoms. The minimum Gasteiger partial charge on any atom is -0.378 e. The molecule has 168 valence electrons. The number of hydrogen-bond acceptors (Lipinski definition) is 5. The van der Waals surface area contributed by atoms with Crippen molar-refractivity contribution in [2.45, 2.75) is 78.0 Å². The van der Waals surface area contributed by atoms with Gasteiger partial charge in [0.25, 0.3) is 0 Å². The van der Waals surface area contributed by atoms with Crippen molar-refractivity contribution in [2.75, 3.05) is 31.2 Å². The second kappa shape index (κ2) is 10.6. The zero-order valence-corrected chi connectivity index (χ0v) is 19.1. The molecule has 1 amide bonds. The number of rotatable bonds is 10. The van der Waals surface area contributed by atoms with Crippen molar-refractivity contribution in [3.8, 4) is 0 Å². The van der Waals surface area contributed by atoms with Gasteiger partial charge < -0.3 is 20.7 Å². The van der Waals surface area contributed by atoms with Gasteiger partial charge in [-0.2, -0.15) is 0 Å². The molecule has 3 N–H and O–H groups in total. The minimum atomic E-state index is -2.99. The summed E-state index contributed by atoms with van der Waals surface area (Å²) in [6.07, 6.45) is 4.05. The van der Waals surface area contributed by atoms with Crippen molar-refractivity contribution >= 4 is 21.7 Å². The number of aliphatic imine (C=N–C) groups is 1. The van der Waals surface area contributed by atoms with Gasteiger partial charge in [0.15, 0.2) is 15.8 Å². The van der Waals surface area contributed by atoms with Gasteiger partial charge in [0, 0.05) is 37.1 Å². The van der Waals surface area contributed by atoms with Gasteiger partial charge in [0.05, 0.1) is 24.2 Å². The van der Waals surface area contributed by atoms with Gasteiger partial charge in [0.2, 0.25) is 5.91 Å². The second-order valence-corrected chi connectivity index (χ2v) is 10.2. The van der Waals surface area contributed by atoms with Crippen molar-refractivity contribution in [1.82, 2.24) is 16.0 Å². The highest BCUT2D eigenvalue weighted by Gasteiger charge is 2.53. The van der Waals surface area contributed by atoms with Gasteiger partial charge in [-0.05, 0) is 39.5 Å². The Morgan fingerprint density at radius 3 is 2.45 bits per heavy atom. The van der Waals surface area contributed by atoms with Crippen LogP contribution in [-0.4, -0.2) is 69.7 Å². The molecule has 1 saturated heterocycles. The first-order valence-electron chi connectivity index (χ1n) is 11.0. The summed E-state index contributed by atoms with van der Waals surface area (Å²) in [5.41, 5.74) is 0.109. The SMILES string of the molecule is CCNC(=NCCC(=O)NC1CCS(=O)(=O)C1)NC1CC(OCC)C1(CC)CC. The predicted molar refractivity (Wildman–Crippen MR) is 116 cm³/mol. The predicted octanol–water partition coefficient (Wildman–Crippen LogP) is 1.22. The summed E-state index contributed by atoms with van der Waals surface area (Å²) < 4.78 is 28.9. The number of amides is 1. The van der Waals surface area contributed by atoms with E-state index in [1.54, 1.807) is 0 Å². The van der Waals surface area contributed by atoms with E-state index in [1.807, 2.05) is 13.8 Å². The molecule has 2 fully saturated rings. The van der Waals surface area contributed by atoms with Crippen LogP contribution in [0.1, 0.15) is 59.8 Å². The van der Waals surface area contributed by atoms with Gasteiger partial charge >= 0.3 is 0 Å². The summed E-state index contributed by atoms with van der Waals surface area (Å²) in [6.45, 7) is 10.3. The van der Waals surface area contributed by atoms with Crippen LogP contribution in [0.5, 0.6) is 0 Å². The van der Waals surface area contributed by atoms with E-state index in [0.717, 1.165) is 38.4 Å². The van der Waals surface area contributed by atoms with E-state index in [9.17, 15) is 13.2 Å². The van der Waals surface area contributed by atoms with E-state index in [1.165, 1.54) is 0 Å². The summed E-state index contributed by atoms with van der Waals surface area (Å²) >= 11 is 0. The lowest BCUT2D eigenvalue weighted by Gasteiger charge is -2.55. The van der Waals surface area contributed by atoms with E-state index in [0.29, 0.717) is 19.0 Å². The van der Waals surface area contributed by atoms with E-state index < -0.39 is 9.84 Å². The molecule has 0 radical (unpaired) electrons. The fourth-order valence-corrected chi connectivity index (χ4v) is 6.22. The molecule has 0 aromatic carbocycles. The smallest absolute Gasteiger partial charge is 0.222 e. The average molecular weight is 431 g/mol. The maximum absolute atomic E-state index is 12.1. The van der Waals surface area contributed by atoms with Crippen molar-refractivity contribution < 1.29 is 17.9 Å². The molecule has 1 saturated carbocycles. The lowest BCUT2D eigenvalue weighted by Crippen LogP contribution is -2.65. The zero-order chi connectivity index (χ0) is 21.5. The van der Waals surface area contributed by atoms with Gasteiger partial charge in [-0.25, -0.2) is 8.42 Å². The Morgan fingerprint density at radius 2 is 1.90 bits per heavy atom. The van der Waals surface area contributed by atoms with Crippen LogP contribution in [-0.2, 0) is 19.4 Å². The van der Waals surface area contributed by atoms with E-state index in [4.69, 9.17) is 4.74 Å². The normalized spacial score (nSPS) is 27.9. The Balaban J connectivity index is 1.87. The molecule has 3 atom stereocenters. The molecule has 1 heterocycles. The van der Waals surface area contributed by atoms with Crippen LogP contribution in [0.3, 0.4) is 0 Å². The molecule has 0 bridgehead atoms. The maximum Gasteiger partial charge on any atom is 0.222 e. The van der Waals surface area contributed by atoms with E-state index >= 15 is 0 Å². The third kappa shape index (κ3) is 6.07. The number of carbonyl (C=O) groups excluding carboxylic acids is 1. The van der Waals surface area contributed by atoms with Crippen LogP contribution >= 0.6 is 0 Å². The lowest BCUT2D eigenvalue weighted by molar-refractivity contribution is -0.133. The maximum atomic E-state index is 12.1. The fourth-order valence-electron chi connectivity index (χ4n) is 4.55. The highest BCUT2D eigenvalue weighted by atomic mass is 32.2. The number of hydrogen-bond donors (Lipinski definition) is 3. The van der Waals surface area contributed by atoms with Crippen LogP contribution in [0.2, 0.25) is 0 Å². The molecule has 2 aliphatic rings. The van der Waals surface area contributed by atoms with Crippen LogP contribution < -0.4 is 16.0 Å². The first-order chi connectivity index (χ1) is 13.8. The van der Waals surface area contributed by atoms with Gasteiger partial charge in [-0.1, -0.05) is 13.8 Å². The number of nitrogens with one attached hydrogen (secondary N) is 3. The average Bonchev–Trinajstić information content (AvgIpc) is 3.00. The Morgan fingerprint density at radius 1 is 1.17 bits per heavy atom.